The Balaban J connectivity index is 1.47. The van der Waals surface area contributed by atoms with Crippen LogP contribution in [0.1, 0.15) is 24.3 Å². The van der Waals surface area contributed by atoms with Crippen LogP contribution < -0.4 is 5.43 Å². The molecule has 33 heavy (non-hydrogen) atoms. The lowest BCUT2D eigenvalue weighted by Crippen LogP contribution is -2.31. The molecule has 5 rings (SSSR count). The Labute approximate surface area is 192 Å². The molecule has 0 radical (unpaired) electrons. The number of nitrogens with one attached hydrogen (secondary N) is 1. The van der Waals surface area contributed by atoms with Gasteiger partial charge in [0.1, 0.15) is 24.4 Å². The van der Waals surface area contributed by atoms with E-state index in [1.807, 2.05) is 70.4 Å². The second-order valence-electron chi connectivity index (χ2n) is 8.35. The van der Waals surface area contributed by atoms with Gasteiger partial charge in [0, 0.05) is 17.3 Å². The number of aliphatic imine (C=N–C) groups is 1. The van der Waals surface area contributed by atoms with Gasteiger partial charge in [-0.05, 0) is 30.2 Å². The van der Waals surface area contributed by atoms with Crippen LogP contribution >= 0.6 is 0 Å². The third kappa shape index (κ3) is 3.98. The van der Waals surface area contributed by atoms with Crippen molar-refractivity contribution in [1.82, 2.24) is 9.58 Å². The first-order chi connectivity index (χ1) is 16.0. The fourth-order valence-corrected chi connectivity index (χ4v) is 4.33. The fraction of sp³-hybridized carbons (Fsp3) is 0.280. The molecular weight excluding hydrogens is 418 g/mol. The Bertz CT molecular complexity index is 1200. The van der Waals surface area contributed by atoms with Gasteiger partial charge in [0.2, 0.25) is 0 Å². The molecule has 2 aliphatic heterocycles. The number of fused-ring (bicyclic) bond motifs is 1. The highest BCUT2D eigenvalue weighted by Crippen LogP contribution is 2.41. The van der Waals surface area contributed by atoms with Crippen LogP contribution in [0.5, 0.6) is 0 Å². The summed E-state index contributed by atoms with van der Waals surface area (Å²) in [5, 5.41) is 31.5. The maximum atomic E-state index is 10.6. The summed E-state index contributed by atoms with van der Waals surface area (Å²) in [6, 6.07) is 19.9. The third-order valence-corrected chi connectivity index (χ3v) is 6.10. The van der Waals surface area contributed by atoms with Crippen molar-refractivity contribution in [2.24, 2.45) is 4.99 Å². The zero-order valence-corrected chi connectivity index (χ0v) is 18.2. The van der Waals surface area contributed by atoms with Gasteiger partial charge in [-0.3, -0.25) is 10.4 Å². The summed E-state index contributed by atoms with van der Waals surface area (Å²) in [6.45, 7) is 2.29. The molecule has 168 valence electrons. The van der Waals surface area contributed by atoms with Gasteiger partial charge in [-0.25, -0.2) is 4.99 Å². The van der Waals surface area contributed by atoms with Gasteiger partial charge in [-0.2, -0.15) is 5.26 Å². The van der Waals surface area contributed by atoms with Crippen molar-refractivity contribution in [1.29, 1.82) is 5.26 Å². The quantitative estimate of drug-likeness (QED) is 0.558. The minimum atomic E-state index is -1.04. The van der Waals surface area contributed by atoms with Crippen LogP contribution in [0.4, 0.5) is 11.5 Å². The highest BCUT2D eigenvalue weighted by atomic mass is 16.6. The Morgan fingerprint density at radius 2 is 1.88 bits per heavy atom. The van der Waals surface area contributed by atoms with Gasteiger partial charge in [-0.1, -0.05) is 42.5 Å². The van der Waals surface area contributed by atoms with Crippen LogP contribution in [0.15, 0.2) is 65.8 Å². The van der Waals surface area contributed by atoms with E-state index in [0.717, 1.165) is 27.9 Å². The van der Waals surface area contributed by atoms with E-state index >= 15 is 0 Å². The first-order valence-corrected chi connectivity index (χ1v) is 10.9. The molecule has 0 bridgehead atoms. The third-order valence-electron chi connectivity index (χ3n) is 6.10. The van der Waals surface area contributed by atoms with Crippen molar-refractivity contribution in [3.8, 4) is 17.2 Å². The van der Waals surface area contributed by atoms with Gasteiger partial charge in [0.05, 0.1) is 30.8 Å². The summed E-state index contributed by atoms with van der Waals surface area (Å²) in [6.07, 6.45) is 0.837. The number of nitriles is 1. The molecule has 3 N–H and O–H groups in total. The van der Waals surface area contributed by atoms with Gasteiger partial charge in [0.25, 0.3) is 0 Å². The van der Waals surface area contributed by atoms with Crippen molar-refractivity contribution in [3.63, 3.8) is 0 Å². The topological polar surface area (TPSA) is 106 Å². The molecule has 1 aromatic heterocycles. The molecule has 4 atom stereocenters. The summed E-state index contributed by atoms with van der Waals surface area (Å²) in [7, 11) is 0. The maximum Gasteiger partial charge on any atom is 0.164 e. The van der Waals surface area contributed by atoms with Crippen LogP contribution in [-0.4, -0.2) is 44.4 Å². The number of benzene rings is 2. The normalized spacial score (nSPS) is 23.9. The maximum absolute atomic E-state index is 10.6. The van der Waals surface area contributed by atoms with E-state index in [1.54, 1.807) is 13.3 Å². The number of hydrogen-bond acceptors (Lipinski definition) is 7. The SMILES string of the molecule is C[C@H]1O[C@@H](n2cc(-c3ccccc3)c3c2N=CN(Nc2ccc(CC#N)cc2)C3)[C@H](O)[C@@H]1O. The largest absolute Gasteiger partial charge is 0.388 e. The summed E-state index contributed by atoms with van der Waals surface area (Å²) in [5.41, 5.74) is 8.21. The van der Waals surface area contributed by atoms with E-state index in [-0.39, 0.29) is 0 Å². The molecule has 2 aromatic carbocycles. The lowest BCUT2D eigenvalue weighted by Gasteiger charge is -2.26. The van der Waals surface area contributed by atoms with E-state index in [2.05, 4.69) is 16.5 Å². The Morgan fingerprint density at radius 3 is 2.55 bits per heavy atom. The number of ether oxygens (including phenoxy) is 1. The van der Waals surface area contributed by atoms with E-state index in [4.69, 9.17) is 10.00 Å². The number of aliphatic hydroxyl groups is 2. The molecule has 0 amide bonds. The average molecular weight is 444 g/mol. The Hall–Kier alpha value is -3.64. The van der Waals surface area contributed by atoms with Crippen LogP contribution in [0.3, 0.4) is 0 Å². The lowest BCUT2D eigenvalue weighted by molar-refractivity contribution is -0.0308. The van der Waals surface area contributed by atoms with Crippen molar-refractivity contribution < 1.29 is 14.9 Å². The molecule has 0 spiro atoms. The smallest absolute Gasteiger partial charge is 0.164 e. The number of anilines is 1. The fourth-order valence-electron chi connectivity index (χ4n) is 4.33. The molecule has 0 aliphatic carbocycles. The number of aliphatic hydroxyl groups excluding tert-OH is 2. The predicted molar refractivity (Wildman–Crippen MR) is 125 cm³/mol. The Morgan fingerprint density at radius 1 is 1.12 bits per heavy atom. The molecule has 3 heterocycles. The lowest BCUT2D eigenvalue weighted by atomic mass is 10.0. The van der Waals surface area contributed by atoms with Gasteiger partial charge < -0.3 is 19.5 Å². The van der Waals surface area contributed by atoms with Crippen LogP contribution in [0.2, 0.25) is 0 Å². The highest BCUT2D eigenvalue weighted by molar-refractivity contribution is 5.77. The molecule has 3 aromatic rings. The average Bonchev–Trinajstić information content (AvgIpc) is 3.33. The van der Waals surface area contributed by atoms with Crippen molar-refractivity contribution in [2.45, 2.75) is 44.4 Å². The number of hydrazine groups is 1. The molecule has 0 saturated carbocycles. The molecular formula is C25H25N5O3. The molecule has 1 fully saturated rings. The summed E-state index contributed by atoms with van der Waals surface area (Å²) >= 11 is 0. The summed E-state index contributed by atoms with van der Waals surface area (Å²) < 4.78 is 7.70. The number of hydrogen-bond donors (Lipinski definition) is 3. The molecule has 1 saturated heterocycles. The van der Waals surface area contributed by atoms with Gasteiger partial charge in [-0.15, -0.1) is 0 Å². The van der Waals surface area contributed by atoms with E-state index < -0.39 is 24.5 Å². The molecule has 2 aliphatic rings. The molecule has 0 unspecified atom stereocenters. The zero-order valence-electron chi connectivity index (χ0n) is 18.2. The second kappa shape index (κ2) is 8.71. The Kier molecular flexibility index (Phi) is 5.60. The molecule has 8 heteroatoms. The minimum absolute atomic E-state index is 0.380. The summed E-state index contributed by atoms with van der Waals surface area (Å²) in [4.78, 5) is 4.68. The van der Waals surface area contributed by atoms with Gasteiger partial charge in [0.15, 0.2) is 6.23 Å². The van der Waals surface area contributed by atoms with E-state index in [9.17, 15) is 10.2 Å². The second-order valence-corrected chi connectivity index (χ2v) is 8.35. The predicted octanol–water partition coefficient (Wildman–Crippen LogP) is 3.36. The van der Waals surface area contributed by atoms with E-state index in [0.29, 0.717) is 18.8 Å². The number of nitrogens with zero attached hydrogens (tertiary/aromatic N) is 4. The number of aromatic nitrogens is 1. The standard InChI is InChI=1S/C25H25N5O3/c1-16-22(31)23(32)25(33-16)30-14-20(18-5-3-2-4-6-18)21-13-29(15-27-24(21)30)28-19-9-7-17(8-10-19)11-12-26/h2-10,14-16,22-23,25,28,31-32H,11,13H2,1H3/t16-,22-,23-,25-/m1/s1. The van der Waals surface area contributed by atoms with Crippen molar-refractivity contribution in [3.05, 3.63) is 71.9 Å². The van der Waals surface area contributed by atoms with E-state index in [1.165, 1.54) is 0 Å². The monoisotopic (exact) mass is 443 g/mol. The van der Waals surface area contributed by atoms with Crippen LogP contribution in [0.25, 0.3) is 11.1 Å². The highest BCUT2D eigenvalue weighted by Gasteiger charge is 2.42. The van der Waals surface area contributed by atoms with Gasteiger partial charge >= 0.3 is 0 Å². The van der Waals surface area contributed by atoms with Crippen molar-refractivity contribution >= 4 is 17.8 Å². The minimum Gasteiger partial charge on any atom is -0.388 e. The van der Waals surface area contributed by atoms with Crippen LogP contribution in [-0.2, 0) is 17.7 Å². The molecule has 8 nitrogen and oxygen atoms in total. The van der Waals surface area contributed by atoms with Crippen LogP contribution in [0, 0.1) is 11.3 Å². The first-order valence-electron chi connectivity index (χ1n) is 10.9. The summed E-state index contributed by atoms with van der Waals surface area (Å²) in [5.74, 6) is 0.696. The van der Waals surface area contributed by atoms with Crippen molar-refractivity contribution in [2.75, 3.05) is 5.43 Å². The number of rotatable bonds is 5. The first kappa shape index (κ1) is 21.2. The zero-order chi connectivity index (χ0) is 22.9.